The summed E-state index contributed by atoms with van der Waals surface area (Å²) in [6.07, 6.45) is 4.15. The standard InChI is InChI=1S/C21H20FN3O3S3/c22-15-9-7-14(8-10-15)19(27)24-23-18(26)6-2-1-3-11-25-20(28)17(31-21(25)29)13-16-5-4-12-30-16/h4-5,7-10,12-13H,1-3,6,11H2,(H,23,26)(H,24,27)/b17-13+. The lowest BCUT2D eigenvalue weighted by Gasteiger charge is -2.14. The first-order valence-corrected chi connectivity index (χ1v) is 11.7. The van der Waals surface area contributed by atoms with Gasteiger partial charge in [0.05, 0.1) is 4.91 Å². The molecule has 1 saturated heterocycles. The second-order valence-corrected chi connectivity index (χ2v) is 9.32. The molecule has 162 valence electrons. The largest absolute Gasteiger partial charge is 0.293 e. The van der Waals surface area contributed by atoms with Crippen molar-refractivity contribution >= 4 is 63.4 Å². The summed E-state index contributed by atoms with van der Waals surface area (Å²) in [5.74, 6) is -1.35. The Labute approximate surface area is 192 Å². The van der Waals surface area contributed by atoms with Gasteiger partial charge in [0.25, 0.3) is 11.8 Å². The minimum Gasteiger partial charge on any atom is -0.293 e. The quantitative estimate of drug-likeness (QED) is 0.259. The minimum atomic E-state index is -0.515. The molecular formula is C21H20FN3O3S3. The van der Waals surface area contributed by atoms with Crippen LogP contribution in [0.3, 0.4) is 0 Å². The minimum absolute atomic E-state index is 0.0790. The predicted octanol–water partition coefficient (Wildman–Crippen LogP) is 4.11. The molecule has 0 bridgehead atoms. The number of hydrazine groups is 1. The summed E-state index contributed by atoms with van der Waals surface area (Å²) >= 11 is 8.19. The Morgan fingerprint density at radius 3 is 2.58 bits per heavy atom. The highest BCUT2D eigenvalue weighted by Crippen LogP contribution is 2.33. The third-order valence-corrected chi connectivity index (χ3v) is 6.59. The van der Waals surface area contributed by atoms with Crippen molar-refractivity contribution in [1.29, 1.82) is 0 Å². The molecule has 31 heavy (non-hydrogen) atoms. The van der Waals surface area contributed by atoms with Crippen molar-refractivity contribution in [2.24, 2.45) is 0 Å². The normalized spacial score (nSPS) is 14.9. The molecule has 2 N–H and O–H groups in total. The summed E-state index contributed by atoms with van der Waals surface area (Å²) < 4.78 is 13.4. The molecule has 1 aliphatic heterocycles. The van der Waals surface area contributed by atoms with Crippen molar-refractivity contribution in [3.05, 3.63) is 62.9 Å². The molecule has 0 unspecified atom stereocenters. The topological polar surface area (TPSA) is 78.5 Å². The average Bonchev–Trinajstić information content (AvgIpc) is 3.35. The highest BCUT2D eigenvalue weighted by Gasteiger charge is 2.31. The fourth-order valence-corrected chi connectivity index (χ4v) is 4.82. The monoisotopic (exact) mass is 477 g/mol. The number of hydrogen-bond donors (Lipinski definition) is 2. The number of thioether (sulfide) groups is 1. The lowest BCUT2D eigenvalue weighted by atomic mass is 10.2. The molecule has 1 aromatic carbocycles. The van der Waals surface area contributed by atoms with Gasteiger partial charge < -0.3 is 0 Å². The summed E-state index contributed by atoms with van der Waals surface area (Å²) in [6.45, 7) is 0.509. The van der Waals surface area contributed by atoms with E-state index in [1.54, 1.807) is 16.2 Å². The SMILES string of the molecule is O=C(CCCCCN1C(=O)/C(=C\c2cccs2)SC1=S)NNC(=O)c1ccc(F)cc1. The van der Waals surface area contributed by atoms with E-state index >= 15 is 0 Å². The van der Waals surface area contributed by atoms with Crippen molar-refractivity contribution in [2.75, 3.05) is 6.54 Å². The summed E-state index contributed by atoms with van der Waals surface area (Å²) in [6, 6.07) is 8.90. The molecule has 1 aliphatic rings. The third-order valence-electron chi connectivity index (χ3n) is 4.40. The zero-order valence-corrected chi connectivity index (χ0v) is 18.9. The Kier molecular flexibility index (Phi) is 8.33. The maximum absolute atomic E-state index is 12.9. The fraction of sp³-hybridized carbons (Fsp3) is 0.238. The molecule has 0 aliphatic carbocycles. The Bertz CT molecular complexity index is 991. The maximum atomic E-state index is 12.9. The van der Waals surface area contributed by atoms with Crippen LogP contribution in [0.5, 0.6) is 0 Å². The molecule has 10 heteroatoms. The first-order valence-electron chi connectivity index (χ1n) is 9.57. The zero-order chi connectivity index (χ0) is 22.2. The summed E-state index contributed by atoms with van der Waals surface area (Å²) in [5, 5.41) is 1.96. The molecule has 3 rings (SSSR count). The number of nitrogens with zero attached hydrogens (tertiary/aromatic N) is 1. The van der Waals surface area contributed by atoms with Gasteiger partial charge in [-0.15, -0.1) is 11.3 Å². The van der Waals surface area contributed by atoms with E-state index in [-0.39, 0.29) is 23.8 Å². The molecule has 2 heterocycles. The lowest BCUT2D eigenvalue weighted by Crippen LogP contribution is -2.41. The van der Waals surface area contributed by atoms with Gasteiger partial charge >= 0.3 is 0 Å². The molecule has 2 aromatic rings. The molecule has 0 spiro atoms. The Morgan fingerprint density at radius 1 is 1.10 bits per heavy atom. The number of nitrogens with one attached hydrogen (secondary N) is 2. The molecule has 0 radical (unpaired) electrons. The molecule has 0 saturated carbocycles. The number of carbonyl (C=O) groups is 3. The predicted molar refractivity (Wildman–Crippen MR) is 125 cm³/mol. The van der Waals surface area contributed by atoms with Crippen LogP contribution in [0.1, 0.15) is 40.9 Å². The van der Waals surface area contributed by atoms with Crippen LogP contribution in [0.25, 0.3) is 6.08 Å². The Hall–Kier alpha value is -2.56. The van der Waals surface area contributed by atoms with Gasteiger partial charge in [-0.05, 0) is 54.6 Å². The third kappa shape index (κ3) is 6.71. The van der Waals surface area contributed by atoms with E-state index in [4.69, 9.17) is 12.2 Å². The lowest BCUT2D eigenvalue weighted by molar-refractivity contribution is -0.123. The van der Waals surface area contributed by atoms with Gasteiger partial charge in [0.15, 0.2) is 0 Å². The Balaban J connectivity index is 1.33. The van der Waals surface area contributed by atoms with Crippen LogP contribution >= 0.6 is 35.3 Å². The van der Waals surface area contributed by atoms with E-state index in [1.807, 2.05) is 23.6 Å². The Morgan fingerprint density at radius 2 is 1.87 bits per heavy atom. The number of rotatable bonds is 8. The molecule has 1 aromatic heterocycles. The van der Waals surface area contributed by atoms with Crippen LogP contribution in [-0.2, 0) is 9.59 Å². The number of thiophene rings is 1. The van der Waals surface area contributed by atoms with E-state index in [0.29, 0.717) is 28.6 Å². The average molecular weight is 478 g/mol. The van der Waals surface area contributed by atoms with Crippen molar-refractivity contribution in [1.82, 2.24) is 15.8 Å². The van der Waals surface area contributed by atoms with Crippen LogP contribution in [-0.4, -0.2) is 33.5 Å². The first kappa shape index (κ1) is 23.1. The van der Waals surface area contributed by atoms with Crippen LogP contribution in [0.4, 0.5) is 4.39 Å². The molecular weight excluding hydrogens is 457 g/mol. The van der Waals surface area contributed by atoms with E-state index in [1.165, 1.54) is 36.0 Å². The van der Waals surface area contributed by atoms with Crippen molar-refractivity contribution in [3.8, 4) is 0 Å². The van der Waals surface area contributed by atoms with Crippen molar-refractivity contribution in [3.63, 3.8) is 0 Å². The number of carbonyl (C=O) groups excluding carboxylic acids is 3. The maximum Gasteiger partial charge on any atom is 0.269 e. The van der Waals surface area contributed by atoms with Crippen LogP contribution in [0.2, 0.25) is 0 Å². The highest BCUT2D eigenvalue weighted by atomic mass is 32.2. The summed E-state index contributed by atoms with van der Waals surface area (Å²) in [4.78, 5) is 39.5. The van der Waals surface area contributed by atoms with Crippen molar-refractivity contribution < 1.29 is 18.8 Å². The number of unbranched alkanes of at least 4 members (excludes halogenated alkanes) is 2. The summed E-state index contributed by atoms with van der Waals surface area (Å²) in [7, 11) is 0. The van der Waals surface area contributed by atoms with Crippen LogP contribution in [0.15, 0.2) is 46.7 Å². The smallest absolute Gasteiger partial charge is 0.269 e. The van der Waals surface area contributed by atoms with Gasteiger partial charge in [-0.2, -0.15) is 0 Å². The molecule has 6 nitrogen and oxygen atoms in total. The van der Waals surface area contributed by atoms with E-state index in [9.17, 15) is 18.8 Å². The highest BCUT2D eigenvalue weighted by molar-refractivity contribution is 8.26. The molecule has 0 atom stereocenters. The summed E-state index contributed by atoms with van der Waals surface area (Å²) in [5.41, 5.74) is 4.89. The molecule has 3 amide bonds. The number of benzene rings is 1. The molecule has 1 fully saturated rings. The van der Waals surface area contributed by atoms with E-state index < -0.39 is 11.7 Å². The first-order chi connectivity index (χ1) is 14.9. The van der Waals surface area contributed by atoms with Gasteiger partial charge in [0.1, 0.15) is 10.1 Å². The van der Waals surface area contributed by atoms with Gasteiger partial charge in [0.2, 0.25) is 5.91 Å². The second-order valence-electron chi connectivity index (χ2n) is 6.67. The van der Waals surface area contributed by atoms with Crippen molar-refractivity contribution in [2.45, 2.75) is 25.7 Å². The van der Waals surface area contributed by atoms with E-state index in [0.717, 1.165) is 11.3 Å². The van der Waals surface area contributed by atoms with Gasteiger partial charge in [-0.3, -0.25) is 30.1 Å². The van der Waals surface area contributed by atoms with Gasteiger partial charge in [0, 0.05) is 23.4 Å². The van der Waals surface area contributed by atoms with E-state index in [2.05, 4.69) is 10.9 Å². The van der Waals surface area contributed by atoms with Crippen LogP contribution in [0, 0.1) is 5.82 Å². The number of hydrogen-bond acceptors (Lipinski definition) is 6. The van der Waals surface area contributed by atoms with Crippen LogP contribution < -0.4 is 10.9 Å². The number of halogens is 1. The second kappa shape index (κ2) is 11.2. The zero-order valence-electron chi connectivity index (χ0n) is 16.4. The van der Waals surface area contributed by atoms with Gasteiger partial charge in [-0.25, -0.2) is 4.39 Å². The fourth-order valence-electron chi connectivity index (χ4n) is 2.79. The van der Waals surface area contributed by atoms with Gasteiger partial charge in [-0.1, -0.05) is 36.5 Å². The number of amides is 3. The number of thiocarbonyl (C=S) groups is 1.